The van der Waals surface area contributed by atoms with E-state index in [1.165, 1.54) is 90.6 Å². The second kappa shape index (κ2) is 11.7. The Kier molecular flexibility index (Phi) is 10.4. The van der Waals surface area contributed by atoms with Gasteiger partial charge in [-0.25, -0.2) is 0 Å². The Labute approximate surface area is 120 Å². The highest BCUT2D eigenvalue weighted by atomic mass is 15.3. The average Bonchev–Trinajstić information content (AvgIpc) is 2.45. The van der Waals surface area contributed by atoms with Crippen LogP contribution in [0, 0.1) is 0 Å². The summed E-state index contributed by atoms with van der Waals surface area (Å²) < 4.78 is 0. The zero-order valence-corrected chi connectivity index (χ0v) is 13.1. The first-order valence-corrected chi connectivity index (χ1v) is 8.51. The number of hydrogen-bond donors (Lipinski definition) is 1. The standard InChI is InChI=1S/C16H35N3/c1-2-3-4-5-8-11-18-13-15-19(16-14-18)12-9-6-7-10-17/h2-17H2,1H3. The molecule has 2 N–H and O–H groups in total. The summed E-state index contributed by atoms with van der Waals surface area (Å²) in [6.07, 6.45) is 10.8. The van der Waals surface area contributed by atoms with Gasteiger partial charge in [0.25, 0.3) is 0 Å². The zero-order valence-electron chi connectivity index (χ0n) is 13.1. The maximum Gasteiger partial charge on any atom is 0.0110 e. The lowest BCUT2D eigenvalue weighted by Crippen LogP contribution is -2.46. The van der Waals surface area contributed by atoms with Crippen LogP contribution >= 0.6 is 0 Å². The van der Waals surface area contributed by atoms with Gasteiger partial charge in [0.2, 0.25) is 0 Å². The Hall–Kier alpha value is -0.120. The van der Waals surface area contributed by atoms with Gasteiger partial charge in [-0.3, -0.25) is 0 Å². The van der Waals surface area contributed by atoms with Crippen LogP contribution in [-0.2, 0) is 0 Å². The van der Waals surface area contributed by atoms with Gasteiger partial charge in [-0.2, -0.15) is 0 Å². The van der Waals surface area contributed by atoms with Gasteiger partial charge >= 0.3 is 0 Å². The molecule has 0 aliphatic carbocycles. The van der Waals surface area contributed by atoms with Gasteiger partial charge in [-0.05, 0) is 38.9 Å². The third-order valence-corrected chi connectivity index (χ3v) is 4.22. The fourth-order valence-corrected chi connectivity index (χ4v) is 2.83. The van der Waals surface area contributed by atoms with Crippen LogP contribution in [0.3, 0.4) is 0 Å². The SMILES string of the molecule is CCCCCCCN1CCN(CCCCCN)CC1. The summed E-state index contributed by atoms with van der Waals surface area (Å²) in [5.74, 6) is 0. The molecule has 0 aromatic rings. The second-order valence-electron chi connectivity index (χ2n) is 5.95. The van der Waals surface area contributed by atoms with E-state index in [0.717, 1.165) is 6.54 Å². The van der Waals surface area contributed by atoms with E-state index in [1.807, 2.05) is 0 Å². The molecule has 0 unspecified atom stereocenters. The van der Waals surface area contributed by atoms with E-state index < -0.39 is 0 Å². The van der Waals surface area contributed by atoms with Gasteiger partial charge in [-0.15, -0.1) is 0 Å². The first-order valence-electron chi connectivity index (χ1n) is 8.51. The van der Waals surface area contributed by atoms with Crippen LogP contribution in [-0.4, -0.2) is 55.6 Å². The molecule has 3 nitrogen and oxygen atoms in total. The minimum atomic E-state index is 0.853. The summed E-state index contributed by atoms with van der Waals surface area (Å²) in [4.78, 5) is 5.28. The van der Waals surface area contributed by atoms with Crippen molar-refractivity contribution in [2.45, 2.75) is 58.3 Å². The predicted molar refractivity (Wildman–Crippen MR) is 84.5 cm³/mol. The lowest BCUT2D eigenvalue weighted by atomic mass is 10.1. The Balaban J connectivity index is 1.93. The first-order chi connectivity index (χ1) is 9.36. The van der Waals surface area contributed by atoms with Crippen molar-refractivity contribution in [3.05, 3.63) is 0 Å². The number of nitrogens with two attached hydrogens (primary N) is 1. The number of unbranched alkanes of at least 4 members (excludes halogenated alkanes) is 6. The van der Waals surface area contributed by atoms with E-state index in [4.69, 9.17) is 5.73 Å². The highest BCUT2D eigenvalue weighted by molar-refractivity contribution is 4.71. The monoisotopic (exact) mass is 269 g/mol. The molecule has 0 saturated carbocycles. The summed E-state index contributed by atoms with van der Waals surface area (Å²) in [5.41, 5.74) is 5.52. The van der Waals surface area contributed by atoms with E-state index in [9.17, 15) is 0 Å². The molecule has 19 heavy (non-hydrogen) atoms. The molecular weight excluding hydrogens is 234 g/mol. The maximum absolute atomic E-state index is 5.52. The van der Waals surface area contributed by atoms with E-state index >= 15 is 0 Å². The molecule has 1 fully saturated rings. The first kappa shape index (κ1) is 16.9. The zero-order chi connectivity index (χ0) is 13.8. The normalized spacial score (nSPS) is 18.0. The molecule has 114 valence electrons. The van der Waals surface area contributed by atoms with Crippen LogP contribution < -0.4 is 5.73 Å². The van der Waals surface area contributed by atoms with Gasteiger partial charge in [0.15, 0.2) is 0 Å². The molecule has 1 saturated heterocycles. The number of hydrogen-bond acceptors (Lipinski definition) is 3. The van der Waals surface area contributed by atoms with E-state index in [1.54, 1.807) is 0 Å². The topological polar surface area (TPSA) is 32.5 Å². The fraction of sp³-hybridized carbons (Fsp3) is 1.00. The van der Waals surface area contributed by atoms with Crippen LogP contribution in [0.4, 0.5) is 0 Å². The van der Waals surface area contributed by atoms with Crippen LogP contribution in [0.2, 0.25) is 0 Å². The van der Waals surface area contributed by atoms with Crippen molar-refractivity contribution in [2.24, 2.45) is 5.73 Å². The van der Waals surface area contributed by atoms with E-state index in [2.05, 4.69) is 16.7 Å². The third-order valence-electron chi connectivity index (χ3n) is 4.22. The van der Waals surface area contributed by atoms with Crippen molar-refractivity contribution in [3.8, 4) is 0 Å². The molecule has 1 heterocycles. The molecule has 0 aromatic heterocycles. The van der Waals surface area contributed by atoms with Crippen molar-refractivity contribution >= 4 is 0 Å². The molecule has 3 heteroatoms. The van der Waals surface area contributed by atoms with Crippen molar-refractivity contribution in [3.63, 3.8) is 0 Å². The van der Waals surface area contributed by atoms with E-state index in [-0.39, 0.29) is 0 Å². The quantitative estimate of drug-likeness (QED) is 0.585. The van der Waals surface area contributed by atoms with Crippen molar-refractivity contribution in [2.75, 3.05) is 45.8 Å². The molecule has 0 amide bonds. The van der Waals surface area contributed by atoms with Gasteiger partial charge in [0, 0.05) is 26.2 Å². The molecule has 1 aliphatic rings. The Morgan fingerprint density at radius 1 is 0.684 bits per heavy atom. The molecule has 1 rings (SSSR count). The predicted octanol–water partition coefficient (Wildman–Crippen LogP) is 2.70. The Morgan fingerprint density at radius 2 is 1.16 bits per heavy atom. The van der Waals surface area contributed by atoms with Crippen LogP contribution in [0.15, 0.2) is 0 Å². The lowest BCUT2D eigenvalue weighted by molar-refractivity contribution is 0.129. The fourth-order valence-electron chi connectivity index (χ4n) is 2.83. The van der Waals surface area contributed by atoms with Crippen LogP contribution in [0.25, 0.3) is 0 Å². The highest BCUT2D eigenvalue weighted by Gasteiger charge is 2.15. The van der Waals surface area contributed by atoms with Crippen molar-refractivity contribution in [1.29, 1.82) is 0 Å². The Morgan fingerprint density at radius 3 is 1.63 bits per heavy atom. The summed E-state index contributed by atoms with van der Waals surface area (Å²) in [6.45, 7) is 10.9. The molecule has 0 bridgehead atoms. The van der Waals surface area contributed by atoms with Gasteiger partial charge in [-0.1, -0.05) is 39.0 Å². The molecule has 0 spiro atoms. The van der Waals surface area contributed by atoms with E-state index in [0.29, 0.717) is 0 Å². The van der Waals surface area contributed by atoms with Gasteiger partial charge < -0.3 is 15.5 Å². The Bertz CT molecular complexity index is 188. The summed E-state index contributed by atoms with van der Waals surface area (Å²) in [7, 11) is 0. The summed E-state index contributed by atoms with van der Waals surface area (Å²) >= 11 is 0. The molecular formula is C16H35N3. The molecule has 0 radical (unpaired) electrons. The average molecular weight is 269 g/mol. The summed E-state index contributed by atoms with van der Waals surface area (Å²) in [5, 5.41) is 0. The smallest absolute Gasteiger partial charge is 0.0110 e. The van der Waals surface area contributed by atoms with Gasteiger partial charge in [0.1, 0.15) is 0 Å². The van der Waals surface area contributed by atoms with Crippen LogP contribution in [0.1, 0.15) is 58.3 Å². The maximum atomic E-state index is 5.52. The number of piperazine rings is 1. The van der Waals surface area contributed by atoms with Gasteiger partial charge in [0.05, 0.1) is 0 Å². The van der Waals surface area contributed by atoms with Crippen LogP contribution in [0.5, 0.6) is 0 Å². The second-order valence-corrected chi connectivity index (χ2v) is 5.95. The molecule has 0 aromatic carbocycles. The highest BCUT2D eigenvalue weighted by Crippen LogP contribution is 2.08. The summed E-state index contributed by atoms with van der Waals surface area (Å²) in [6, 6.07) is 0. The number of rotatable bonds is 11. The lowest BCUT2D eigenvalue weighted by Gasteiger charge is -2.34. The number of nitrogens with zero attached hydrogens (tertiary/aromatic N) is 2. The molecule has 1 aliphatic heterocycles. The third kappa shape index (κ3) is 8.61. The minimum Gasteiger partial charge on any atom is -0.330 e. The largest absolute Gasteiger partial charge is 0.330 e. The molecule has 0 atom stereocenters. The van der Waals surface area contributed by atoms with Crippen molar-refractivity contribution < 1.29 is 0 Å². The van der Waals surface area contributed by atoms with Crippen molar-refractivity contribution in [1.82, 2.24) is 9.80 Å². The minimum absolute atomic E-state index is 0.853.